The average molecular weight is 372 g/mol. The first-order valence-corrected chi connectivity index (χ1v) is 8.53. The van der Waals surface area contributed by atoms with Crippen molar-refractivity contribution in [1.29, 1.82) is 0 Å². The molecule has 23 heavy (non-hydrogen) atoms. The molecule has 0 radical (unpaired) electrons. The summed E-state index contributed by atoms with van der Waals surface area (Å²) < 4.78 is 62.4. The van der Waals surface area contributed by atoms with E-state index in [0.29, 0.717) is 4.90 Å². The summed E-state index contributed by atoms with van der Waals surface area (Å²) in [5, 5.41) is 9.96. The zero-order valence-corrected chi connectivity index (χ0v) is 13.0. The van der Waals surface area contributed by atoms with Crippen molar-refractivity contribution in [2.24, 2.45) is 0 Å². The van der Waals surface area contributed by atoms with Crippen molar-refractivity contribution in [3.05, 3.63) is 17.0 Å². The predicted octanol–water partition coefficient (Wildman–Crippen LogP) is 0.841. The summed E-state index contributed by atoms with van der Waals surface area (Å²) in [6.07, 6.45) is -4.99. The molecule has 0 spiro atoms. The molecule has 2 heterocycles. The predicted molar refractivity (Wildman–Crippen MR) is 72.7 cm³/mol. The Labute approximate surface area is 133 Å². The zero-order chi connectivity index (χ0) is 17.4. The molecule has 7 nitrogen and oxygen atoms in total. The van der Waals surface area contributed by atoms with E-state index in [9.17, 15) is 31.2 Å². The third kappa shape index (κ3) is 3.64. The van der Waals surface area contributed by atoms with E-state index in [0.717, 1.165) is 21.7 Å². The number of halogens is 3. The van der Waals surface area contributed by atoms with Gasteiger partial charge < -0.3 is 10.0 Å². The van der Waals surface area contributed by atoms with Gasteiger partial charge in [-0.05, 0) is 6.07 Å². The van der Waals surface area contributed by atoms with Crippen LogP contribution in [0.5, 0.6) is 0 Å². The first-order chi connectivity index (χ1) is 10.5. The number of nitrogens with zero attached hydrogens (tertiary/aromatic N) is 2. The van der Waals surface area contributed by atoms with E-state index in [1.165, 1.54) is 5.38 Å². The van der Waals surface area contributed by atoms with Gasteiger partial charge >= 0.3 is 18.1 Å². The van der Waals surface area contributed by atoms with Crippen molar-refractivity contribution in [2.45, 2.75) is 10.4 Å². The third-order valence-electron chi connectivity index (χ3n) is 3.18. The van der Waals surface area contributed by atoms with E-state index in [2.05, 4.69) is 0 Å². The molecule has 1 aromatic heterocycles. The van der Waals surface area contributed by atoms with Crippen LogP contribution in [0, 0.1) is 0 Å². The lowest BCUT2D eigenvalue weighted by Crippen LogP contribution is -2.53. The molecule has 0 aliphatic carbocycles. The van der Waals surface area contributed by atoms with E-state index in [-0.39, 0.29) is 36.0 Å². The van der Waals surface area contributed by atoms with Crippen LogP contribution in [-0.4, -0.2) is 67.0 Å². The minimum absolute atomic E-state index is 0.181. The van der Waals surface area contributed by atoms with Crippen molar-refractivity contribution >= 4 is 33.2 Å². The topological polar surface area (TPSA) is 95.0 Å². The number of hydrogen-bond acceptors (Lipinski definition) is 5. The van der Waals surface area contributed by atoms with Crippen molar-refractivity contribution in [2.75, 3.05) is 26.2 Å². The Morgan fingerprint density at radius 1 is 1.17 bits per heavy atom. The second-order valence-electron chi connectivity index (χ2n) is 4.65. The van der Waals surface area contributed by atoms with E-state index in [1.807, 2.05) is 0 Å². The number of carbonyl (C=O) groups excluding carboxylic acids is 1. The molecule has 1 aromatic rings. The summed E-state index contributed by atoms with van der Waals surface area (Å²) >= 11 is 0.719. The monoisotopic (exact) mass is 372 g/mol. The Hall–Kier alpha value is -1.66. The second-order valence-corrected chi connectivity index (χ2v) is 7.73. The highest BCUT2D eigenvalue weighted by Gasteiger charge is 2.44. The third-order valence-corrected chi connectivity index (χ3v) is 6.50. The van der Waals surface area contributed by atoms with Gasteiger partial charge in [-0.3, -0.25) is 4.79 Å². The van der Waals surface area contributed by atoms with Crippen LogP contribution in [-0.2, 0) is 14.8 Å². The molecule has 128 valence electrons. The summed E-state index contributed by atoms with van der Waals surface area (Å²) in [6, 6.07) is 0.996. The standard InChI is InChI=1S/C11H11F3N2O5S2/c12-11(13,14)10(19)15-1-3-16(4-2-15)23(20,21)8-5-7(6-22-8)9(17)18/h5-6H,1-4H2,(H,17,18). The first kappa shape index (κ1) is 17.7. The van der Waals surface area contributed by atoms with Crippen LogP contribution in [0.25, 0.3) is 0 Å². The molecule has 1 fully saturated rings. The average Bonchev–Trinajstić information content (AvgIpc) is 2.96. The number of piperazine rings is 1. The molecule has 12 heteroatoms. The highest BCUT2D eigenvalue weighted by atomic mass is 32.2. The lowest BCUT2D eigenvalue weighted by atomic mass is 10.3. The number of rotatable bonds is 3. The Morgan fingerprint density at radius 2 is 1.74 bits per heavy atom. The van der Waals surface area contributed by atoms with E-state index >= 15 is 0 Å². The fourth-order valence-corrected chi connectivity index (χ4v) is 4.73. The molecule has 1 aliphatic heterocycles. The second kappa shape index (κ2) is 6.09. The van der Waals surface area contributed by atoms with Crippen molar-refractivity contribution in [3.8, 4) is 0 Å². The van der Waals surface area contributed by atoms with Crippen molar-refractivity contribution < 1.29 is 36.3 Å². The Bertz CT molecular complexity index is 720. The first-order valence-electron chi connectivity index (χ1n) is 6.21. The number of carboxylic acid groups (broad SMARTS) is 1. The summed E-state index contributed by atoms with van der Waals surface area (Å²) in [5.41, 5.74) is -0.181. The minimum Gasteiger partial charge on any atom is -0.478 e. The largest absolute Gasteiger partial charge is 0.478 e. The van der Waals surface area contributed by atoms with Crippen LogP contribution in [0.4, 0.5) is 13.2 Å². The normalized spacial score (nSPS) is 17.3. The van der Waals surface area contributed by atoms with Gasteiger partial charge in [0.05, 0.1) is 5.56 Å². The van der Waals surface area contributed by atoms with Gasteiger partial charge in [-0.25, -0.2) is 13.2 Å². The summed E-state index contributed by atoms with van der Waals surface area (Å²) in [7, 11) is -3.99. The molecule has 0 aromatic carbocycles. The molecule has 1 amide bonds. The molecular weight excluding hydrogens is 361 g/mol. The zero-order valence-electron chi connectivity index (χ0n) is 11.4. The molecule has 1 aliphatic rings. The molecule has 0 bridgehead atoms. The minimum atomic E-state index is -4.99. The quantitative estimate of drug-likeness (QED) is 0.849. The van der Waals surface area contributed by atoms with Gasteiger partial charge in [-0.1, -0.05) is 0 Å². The van der Waals surface area contributed by atoms with Gasteiger partial charge in [-0.15, -0.1) is 11.3 Å². The fourth-order valence-electron chi connectivity index (χ4n) is 2.00. The number of carboxylic acids is 1. The molecule has 2 rings (SSSR count). The van der Waals surface area contributed by atoms with Gasteiger partial charge in [0.25, 0.3) is 10.0 Å². The van der Waals surface area contributed by atoms with Gasteiger partial charge in [0, 0.05) is 31.6 Å². The number of aromatic carboxylic acids is 1. The Kier molecular flexibility index (Phi) is 4.69. The van der Waals surface area contributed by atoms with Crippen molar-refractivity contribution in [3.63, 3.8) is 0 Å². The van der Waals surface area contributed by atoms with E-state index < -0.39 is 28.1 Å². The molecule has 0 saturated carbocycles. The lowest BCUT2D eigenvalue weighted by molar-refractivity contribution is -0.186. The number of thiophene rings is 1. The molecule has 0 atom stereocenters. The number of amides is 1. The van der Waals surface area contributed by atoms with Gasteiger partial charge in [-0.2, -0.15) is 17.5 Å². The lowest BCUT2D eigenvalue weighted by Gasteiger charge is -2.33. The van der Waals surface area contributed by atoms with Gasteiger partial charge in [0.2, 0.25) is 0 Å². The Balaban J connectivity index is 2.09. The molecule has 1 N–H and O–H groups in total. The molecular formula is C11H11F3N2O5S2. The van der Waals surface area contributed by atoms with E-state index in [4.69, 9.17) is 5.11 Å². The van der Waals surface area contributed by atoms with Crippen LogP contribution in [0.3, 0.4) is 0 Å². The smallest absolute Gasteiger partial charge is 0.471 e. The van der Waals surface area contributed by atoms with Crippen molar-refractivity contribution in [1.82, 2.24) is 9.21 Å². The SMILES string of the molecule is O=C(O)c1csc(S(=O)(=O)N2CCN(C(=O)C(F)(F)F)CC2)c1. The van der Waals surface area contributed by atoms with Crippen LogP contribution >= 0.6 is 11.3 Å². The summed E-state index contributed by atoms with van der Waals surface area (Å²) in [6.45, 7) is -1.33. The maximum atomic E-state index is 12.3. The number of hydrogen-bond donors (Lipinski definition) is 1. The molecule has 0 unspecified atom stereocenters. The van der Waals surface area contributed by atoms with E-state index in [1.54, 1.807) is 0 Å². The number of sulfonamides is 1. The fraction of sp³-hybridized carbons (Fsp3) is 0.455. The van der Waals surface area contributed by atoms with Crippen LogP contribution in [0.15, 0.2) is 15.7 Å². The maximum absolute atomic E-state index is 12.3. The highest BCUT2D eigenvalue weighted by Crippen LogP contribution is 2.26. The number of alkyl halides is 3. The highest BCUT2D eigenvalue weighted by molar-refractivity contribution is 7.91. The molecule has 1 saturated heterocycles. The summed E-state index contributed by atoms with van der Waals surface area (Å²) in [5.74, 6) is -3.28. The van der Waals surface area contributed by atoms with Crippen LogP contribution in [0.1, 0.15) is 10.4 Å². The van der Waals surface area contributed by atoms with Gasteiger partial charge in [0.15, 0.2) is 0 Å². The van der Waals surface area contributed by atoms with Gasteiger partial charge in [0.1, 0.15) is 4.21 Å². The van der Waals surface area contributed by atoms with Crippen LogP contribution < -0.4 is 0 Å². The summed E-state index contributed by atoms with van der Waals surface area (Å²) in [4.78, 5) is 22.4. The van der Waals surface area contributed by atoms with Crippen LogP contribution in [0.2, 0.25) is 0 Å². The maximum Gasteiger partial charge on any atom is 0.471 e. The number of carbonyl (C=O) groups is 2. The Morgan fingerprint density at radius 3 is 2.17 bits per heavy atom.